The third kappa shape index (κ3) is 2.73. The summed E-state index contributed by atoms with van der Waals surface area (Å²) in [6.07, 6.45) is 4.76. The Morgan fingerprint density at radius 3 is 3.05 bits per heavy atom. The van der Waals surface area contributed by atoms with Gasteiger partial charge in [0.25, 0.3) is 5.89 Å². The Bertz CT molecular complexity index is 557. The molecular weight excluding hydrogens is 274 g/mol. The van der Waals surface area contributed by atoms with Crippen LogP contribution in [0.2, 0.25) is 0 Å². The van der Waals surface area contributed by atoms with E-state index in [4.69, 9.17) is 4.52 Å². The van der Waals surface area contributed by atoms with E-state index in [0.717, 1.165) is 29.4 Å². The van der Waals surface area contributed by atoms with Gasteiger partial charge in [-0.05, 0) is 36.8 Å². The molecule has 3 rings (SSSR count). The smallest absolute Gasteiger partial charge is 0.271 e. The summed E-state index contributed by atoms with van der Waals surface area (Å²) in [5.41, 5.74) is 0.930. The standard InChI is InChI=1S/C13H19N5OS/c1-8(2)10-11(20-18-16-10)13-15-12(17-19-13)9-6-4-3-5-7-14-9/h8-9,14H,3-7H2,1-2H3. The van der Waals surface area contributed by atoms with Crippen LogP contribution in [0.4, 0.5) is 0 Å². The third-order valence-electron chi connectivity index (χ3n) is 3.57. The zero-order chi connectivity index (χ0) is 13.9. The van der Waals surface area contributed by atoms with Crippen LogP contribution in [0.15, 0.2) is 4.52 Å². The maximum atomic E-state index is 5.42. The van der Waals surface area contributed by atoms with Gasteiger partial charge in [-0.3, -0.25) is 0 Å². The van der Waals surface area contributed by atoms with E-state index in [1.54, 1.807) is 0 Å². The molecule has 0 spiro atoms. The van der Waals surface area contributed by atoms with Crippen molar-refractivity contribution in [3.63, 3.8) is 0 Å². The van der Waals surface area contributed by atoms with Crippen molar-refractivity contribution < 1.29 is 4.52 Å². The minimum absolute atomic E-state index is 0.207. The summed E-state index contributed by atoms with van der Waals surface area (Å²) in [4.78, 5) is 5.45. The minimum Gasteiger partial charge on any atom is -0.333 e. The predicted molar refractivity (Wildman–Crippen MR) is 76.5 cm³/mol. The van der Waals surface area contributed by atoms with Crippen molar-refractivity contribution in [2.45, 2.75) is 51.5 Å². The molecule has 0 saturated carbocycles. The van der Waals surface area contributed by atoms with E-state index in [2.05, 4.69) is 38.9 Å². The van der Waals surface area contributed by atoms with Gasteiger partial charge in [0.05, 0.1) is 11.7 Å². The molecule has 1 fully saturated rings. The Kier molecular flexibility index (Phi) is 4.07. The van der Waals surface area contributed by atoms with Crippen LogP contribution in [0, 0.1) is 0 Å². The lowest BCUT2D eigenvalue weighted by Gasteiger charge is -2.09. The quantitative estimate of drug-likeness (QED) is 0.937. The molecule has 7 heteroatoms. The van der Waals surface area contributed by atoms with Gasteiger partial charge < -0.3 is 9.84 Å². The summed E-state index contributed by atoms with van der Waals surface area (Å²) < 4.78 is 9.43. The van der Waals surface area contributed by atoms with E-state index in [-0.39, 0.29) is 6.04 Å². The Labute approximate surface area is 122 Å². The number of nitrogens with zero attached hydrogens (tertiary/aromatic N) is 4. The second-order valence-corrected chi connectivity index (χ2v) is 6.21. The predicted octanol–water partition coefficient (Wildman–Crippen LogP) is 2.92. The molecule has 1 N–H and O–H groups in total. The van der Waals surface area contributed by atoms with E-state index in [1.807, 2.05) is 0 Å². The molecule has 0 bridgehead atoms. The lowest BCUT2D eigenvalue weighted by Crippen LogP contribution is -2.21. The van der Waals surface area contributed by atoms with E-state index in [0.29, 0.717) is 11.8 Å². The number of aromatic nitrogens is 4. The van der Waals surface area contributed by atoms with Crippen LogP contribution in [0.1, 0.15) is 63.0 Å². The van der Waals surface area contributed by atoms with Crippen molar-refractivity contribution in [1.29, 1.82) is 0 Å². The summed E-state index contributed by atoms with van der Waals surface area (Å²) in [6, 6.07) is 0.207. The summed E-state index contributed by atoms with van der Waals surface area (Å²) in [6.45, 7) is 5.20. The first-order valence-electron chi connectivity index (χ1n) is 7.15. The van der Waals surface area contributed by atoms with Crippen molar-refractivity contribution in [2.75, 3.05) is 6.54 Å². The van der Waals surface area contributed by atoms with E-state index < -0.39 is 0 Å². The van der Waals surface area contributed by atoms with Gasteiger partial charge in [0.2, 0.25) is 0 Å². The second kappa shape index (κ2) is 5.97. The lowest BCUT2D eigenvalue weighted by molar-refractivity contribution is 0.402. The zero-order valence-electron chi connectivity index (χ0n) is 11.8. The number of rotatable bonds is 3. The fourth-order valence-corrected chi connectivity index (χ4v) is 3.18. The van der Waals surface area contributed by atoms with Gasteiger partial charge >= 0.3 is 0 Å². The molecule has 1 atom stereocenters. The topological polar surface area (TPSA) is 76.7 Å². The van der Waals surface area contributed by atoms with Crippen LogP contribution in [0.3, 0.4) is 0 Å². The normalized spacial score (nSPS) is 20.2. The molecule has 1 aliphatic heterocycles. The number of hydrogen-bond donors (Lipinski definition) is 1. The Balaban J connectivity index is 1.84. The summed E-state index contributed by atoms with van der Waals surface area (Å²) in [5.74, 6) is 1.60. The molecule has 1 unspecified atom stereocenters. The molecule has 6 nitrogen and oxygen atoms in total. The highest BCUT2D eigenvalue weighted by Crippen LogP contribution is 2.30. The SMILES string of the molecule is CC(C)c1nnsc1-c1nc(C2CCCCCN2)no1. The van der Waals surface area contributed by atoms with E-state index >= 15 is 0 Å². The zero-order valence-corrected chi connectivity index (χ0v) is 12.6. The lowest BCUT2D eigenvalue weighted by atomic mass is 10.1. The fraction of sp³-hybridized carbons (Fsp3) is 0.692. The van der Waals surface area contributed by atoms with Gasteiger partial charge in [-0.25, -0.2) is 0 Å². The minimum atomic E-state index is 0.207. The first-order chi connectivity index (χ1) is 9.75. The molecule has 2 aromatic rings. The Hall–Kier alpha value is -1.34. The van der Waals surface area contributed by atoms with Crippen molar-refractivity contribution in [2.24, 2.45) is 0 Å². The molecular formula is C13H19N5OS. The monoisotopic (exact) mass is 293 g/mol. The molecule has 1 saturated heterocycles. The molecule has 3 heterocycles. The molecule has 1 aliphatic rings. The summed E-state index contributed by atoms with van der Waals surface area (Å²) in [5, 5.41) is 11.8. The highest BCUT2D eigenvalue weighted by Gasteiger charge is 2.23. The summed E-state index contributed by atoms with van der Waals surface area (Å²) in [7, 11) is 0. The first-order valence-corrected chi connectivity index (χ1v) is 7.92. The van der Waals surface area contributed by atoms with Crippen LogP contribution in [0.5, 0.6) is 0 Å². The maximum absolute atomic E-state index is 5.42. The third-order valence-corrected chi connectivity index (χ3v) is 4.30. The maximum Gasteiger partial charge on any atom is 0.271 e. The van der Waals surface area contributed by atoms with Crippen molar-refractivity contribution >= 4 is 11.5 Å². The van der Waals surface area contributed by atoms with Crippen LogP contribution in [0.25, 0.3) is 10.8 Å². The molecule has 0 aromatic carbocycles. The highest BCUT2D eigenvalue weighted by molar-refractivity contribution is 7.09. The van der Waals surface area contributed by atoms with Crippen molar-refractivity contribution in [3.05, 3.63) is 11.5 Å². The van der Waals surface area contributed by atoms with Crippen molar-refractivity contribution in [1.82, 2.24) is 25.0 Å². The Morgan fingerprint density at radius 2 is 2.20 bits per heavy atom. The van der Waals surface area contributed by atoms with Gasteiger partial charge in [-0.1, -0.05) is 36.3 Å². The number of hydrogen-bond acceptors (Lipinski definition) is 7. The van der Waals surface area contributed by atoms with Crippen LogP contribution in [-0.2, 0) is 0 Å². The highest BCUT2D eigenvalue weighted by atomic mass is 32.1. The average Bonchev–Trinajstić information content (AvgIpc) is 3.02. The van der Waals surface area contributed by atoms with Gasteiger partial charge in [0.15, 0.2) is 5.82 Å². The van der Waals surface area contributed by atoms with Crippen LogP contribution >= 0.6 is 11.5 Å². The second-order valence-electron chi connectivity index (χ2n) is 5.46. The molecule has 0 aliphatic carbocycles. The van der Waals surface area contributed by atoms with Gasteiger partial charge in [-0.2, -0.15) is 4.98 Å². The average molecular weight is 293 g/mol. The molecule has 20 heavy (non-hydrogen) atoms. The van der Waals surface area contributed by atoms with E-state index in [9.17, 15) is 0 Å². The van der Waals surface area contributed by atoms with E-state index in [1.165, 1.54) is 30.8 Å². The van der Waals surface area contributed by atoms with Gasteiger partial charge in [-0.15, -0.1) is 5.10 Å². The first kappa shape index (κ1) is 13.6. The molecule has 0 amide bonds. The molecule has 0 radical (unpaired) electrons. The molecule has 2 aromatic heterocycles. The fourth-order valence-electron chi connectivity index (χ4n) is 2.44. The van der Waals surface area contributed by atoms with Crippen molar-refractivity contribution in [3.8, 4) is 10.8 Å². The van der Waals surface area contributed by atoms with Gasteiger partial charge in [0, 0.05) is 0 Å². The van der Waals surface area contributed by atoms with Crippen LogP contribution in [-0.4, -0.2) is 26.3 Å². The molecule has 108 valence electrons. The largest absolute Gasteiger partial charge is 0.333 e. The van der Waals surface area contributed by atoms with Gasteiger partial charge in [0.1, 0.15) is 4.88 Å². The summed E-state index contributed by atoms with van der Waals surface area (Å²) >= 11 is 1.32. The Morgan fingerprint density at radius 1 is 1.30 bits per heavy atom. The van der Waals surface area contributed by atoms with Crippen LogP contribution < -0.4 is 5.32 Å². The number of nitrogens with one attached hydrogen (secondary N) is 1.